The molecule has 1 aromatic heterocycles. The molecule has 0 saturated carbocycles. The van der Waals surface area contributed by atoms with Crippen molar-refractivity contribution in [2.75, 3.05) is 38.2 Å². The molecular formula is C76H125N19O15S. The number of nitrogens with two attached hydrogens (primary N) is 6. The average molecular weight is 1580 g/mol. The van der Waals surface area contributed by atoms with E-state index in [1.54, 1.807) is 56.4 Å². The van der Waals surface area contributed by atoms with Gasteiger partial charge in [0.15, 0.2) is 11.9 Å². The monoisotopic (exact) mass is 1580 g/mol. The Balaban J connectivity index is 1.93. The SMILES string of the molecule is CCCCCCCCCCCCCCCC(=O)N[C@@H](CO)C(=O)N[C@H](C(=O)N[C@@H](CC(=O)O)C(=O)N[C@@H](CCCN=C(N)N)C(=O)N[C@@H](CC(C)C)C(=O)N[C@@H](CCCN=C(N)N)C(=O)N[C@@H](CCCCN)C(=O)N[C@@H](Cc1c[nH]c2ccccc12)C(=O)N[C@@H](CCSC)C(=O)N[C@@H](Cc1ccccc1)C(N)=O)[C@@H](C)O. The number of amides is 11. The van der Waals surface area contributed by atoms with E-state index in [1.165, 1.54) is 56.7 Å². The molecule has 3 aromatic rings. The normalized spacial score (nSPS) is 14.2. The first-order valence-electron chi connectivity index (χ1n) is 38.7. The summed E-state index contributed by atoms with van der Waals surface area (Å²) < 4.78 is 0. The number of fused-ring (bicyclic) bond motifs is 1. The first kappa shape index (κ1) is 95.6. The van der Waals surface area contributed by atoms with Crippen molar-refractivity contribution in [2.45, 2.75) is 261 Å². The lowest BCUT2D eigenvalue weighted by Gasteiger charge is -2.29. The number of aliphatic imine (C=N–C) groups is 2. The summed E-state index contributed by atoms with van der Waals surface area (Å²) in [5, 5.41) is 57.5. The van der Waals surface area contributed by atoms with Gasteiger partial charge >= 0.3 is 5.97 Å². The third kappa shape index (κ3) is 38.7. The number of primary amides is 1. The fourth-order valence-electron chi connectivity index (χ4n) is 12.3. The zero-order chi connectivity index (χ0) is 82.2. The van der Waals surface area contributed by atoms with Gasteiger partial charge in [-0.25, -0.2) is 0 Å². The highest BCUT2D eigenvalue weighted by Crippen LogP contribution is 2.21. The Morgan fingerprint density at radius 1 is 0.477 bits per heavy atom. The lowest BCUT2D eigenvalue weighted by Crippen LogP contribution is -2.62. The zero-order valence-electron chi connectivity index (χ0n) is 65.1. The predicted molar refractivity (Wildman–Crippen MR) is 427 cm³/mol. The number of aliphatic hydroxyl groups is 2. The van der Waals surface area contributed by atoms with Gasteiger partial charge in [0, 0.05) is 49.5 Å². The average Bonchev–Trinajstić information content (AvgIpc) is 1.73. The van der Waals surface area contributed by atoms with Crippen LogP contribution in [0.15, 0.2) is 70.8 Å². The molecule has 0 aliphatic rings. The number of guanidine groups is 2. The Bertz CT molecular complexity index is 3450. The molecule has 11 amide bonds. The van der Waals surface area contributed by atoms with E-state index in [4.69, 9.17) is 34.4 Å². The quantitative estimate of drug-likeness (QED) is 0.0210. The van der Waals surface area contributed by atoms with Crippen LogP contribution in [-0.4, -0.2) is 208 Å². The van der Waals surface area contributed by atoms with E-state index in [2.05, 4.69) is 75.1 Å². The number of carboxylic acids is 1. The zero-order valence-corrected chi connectivity index (χ0v) is 65.9. The molecule has 3 rings (SSSR count). The summed E-state index contributed by atoms with van der Waals surface area (Å²) in [6.07, 6.45) is 15.1. The third-order valence-electron chi connectivity index (χ3n) is 18.4. The summed E-state index contributed by atoms with van der Waals surface area (Å²) in [5.41, 5.74) is 36.2. The minimum absolute atomic E-state index is 0.0118. The molecule has 0 radical (unpaired) electrons. The topological polar surface area (TPSA) is 582 Å². The first-order chi connectivity index (χ1) is 53.0. The van der Waals surface area contributed by atoms with Gasteiger partial charge in [-0.3, -0.25) is 67.5 Å². The number of para-hydroxylation sites is 1. The molecule has 111 heavy (non-hydrogen) atoms. The van der Waals surface area contributed by atoms with Crippen molar-refractivity contribution in [3.05, 3.63) is 71.9 Å². The van der Waals surface area contributed by atoms with Crippen LogP contribution in [0.5, 0.6) is 0 Å². The second kappa shape index (κ2) is 54.1. The minimum Gasteiger partial charge on any atom is -0.481 e. The van der Waals surface area contributed by atoms with Crippen molar-refractivity contribution in [3.63, 3.8) is 0 Å². The minimum atomic E-state index is -2.00. The van der Waals surface area contributed by atoms with Gasteiger partial charge in [-0.1, -0.05) is 146 Å². The number of aliphatic carboxylic acids is 1. The van der Waals surface area contributed by atoms with Crippen molar-refractivity contribution < 1.29 is 72.9 Å². The number of aromatic nitrogens is 1. The lowest BCUT2D eigenvalue weighted by atomic mass is 10.0. The molecule has 0 unspecified atom stereocenters. The molecule has 0 spiro atoms. The number of rotatable bonds is 59. The lowest BCUT2D eigenvalue weighted by molar-refractivity contribution is -0.142. The fourth-order valence-corrected chi connectivity index (χ4v) is 12.8. The molecule has 35 heteroatoms. The van der Waals surface area contributed by atoms with Crippen molar-refractivity contribution >= 4 is 106 Å². The van der Waals surface area contributed by atoms with Crippen molar-refractivity contribution in [1.82, 2.24) is 58.2 Å². The van der Waals surface area contributed by atoms with E-state index in [1.807, 2.05) is 24.5 Å². The number of hydrogen-bond acceptors (Lipinski definition) is 18. The largest absolute Gasteiger partial charge is 0.481 e. The number of carboxylic acid groups (broad SMARTS) is 1. The molecule has 1 heterocycles. The molecule has 34 nitrogen and oxygen atoms in total. The Kier molecular flexibility index (Phi) is 46.6. The van der Waals surface area contributed by atoms with Gasteiger partial charge in [0.2, 0.25) is 65.0 Å². The molecule has 11 atom stereocenters. The Labute approximate surface area is 655 Å². The Morgan fingerprint density at radius 3 is 1.41 bits per heavy atom. The van der Waals surface area contributed by atoms with Gasteiger partial charge in [-0.2, -0.15) is 11.8 Å². The van der Waals surface area contributed by atoms with E-state index < -0.39 is 150 Å². The van der Waals surface area contributed by atoms with Crippen LogP contribution in [0.2, 0.25) is 0 Å². The van der Waals surface area contributed by atoms with E-state index >= 15 is 0 Å². The van der Waals surface area contributed by atoms with Gasteiger partial charge in [0.1, 0.15) is 60.4 Å². The molecule has 0 aliphatic carbocycles. The molecular weight excluding hydrogens is 1450 g/mol. The van der Waals surface area contributed by atoms with Gasteiger partial charge in [0.05, 0.1) is 19.1 Å². The second-order valence-electron chi connectivity index (χ2n) is 28.4. The van der Waals surface area contributed by atoms with Gasteiger partial charge in [0.25, 0.3) is 0 Å². The van der Waals surface area contributed by atoms with E-state index in [9.17, 15) is 72.9 Å². The second-order valence-corrected chi connectivity index (χ2v) is 29.3. The van der Waals surface area contributed by atoms with Crippen LogP contribution in [0.3, 0.4) is 0 Å². The smallest absolute Gasteiger partial charge is 0.305 e. The van der Waals surface area contributed by atoms with Crippen LogP contribution in [0, 0.1) is 5.92 Å². The Hall–Kier alpha value is -9.61. The number of thioether (sulfide) groups is 1. The number of aliphatic hydroxyl groups excluding tert-OH is 2. The van der Waals surface area contributed by atoms with Crippen LogP contribution in [0.25, 0.3) is 10.9 Å². The molecule has 0 aliphatic heterocycles. The summed E-state index contributed by atoms with van der Waals surface area (Å²) in [4.78, 5) is 179. The number of carbonyl (C=O) groups excluding carboxylic acids is 11. The van der Waals surface area contributed by atoms with Crippen LogP contribution in [-0.2, 0) is 70.4 Å². The number of unbranched alkanes of at least 4 members (excludes halogenated alkanes) is 13. The van der Waals surface area contributed by atoms with Crippen LogP contribution < -0.4 is 87.6 Å². The van der Waals surface area contributed by atoms with E-state index in [0.29, 0.717) is 29.7 Å². The van der Waals surface area contributed by atoms with Crippen LogP contribution in [0.4, 0.5) is 0 Å². The number of nitrogens with one attached hydrogen (secondary N) is 11. The number of carbonyl (C=O) groups is 12. The molecule has 620 valence electrons. The number of aromatic amines is 1. The van der Waals surface area contributed by atoms with Crippen molar-refractivity contribution in [2.24, 2.45) is 50.3 Å². The molecule has 2 aromatic carbocycles. The van der Waals surface area contributed by atoms with Gasteiger partial charge < -0.3 is 108 Å². The van der Waals surface area contributed by atoms with Gasteiger partial charge in [-0.15, -0.1) is 0 Å². The number of H-pyrrole nitrogens is 1. The molecule has 0 fully saturated rings. The fraction of sp³-hybridized carbons (Fsp3) is 0.632. The number of benzene rings is 2. The maximum atomic E-state index is 14.9. The number of nitrogens with zero attached hydrogens (tertiary/aromatic N) is 2. The maximum Gasteiger partial charge on any atom is 0.305 e. The van der Waals surface area contributed by atoms with Crippen molar-refractivity contribution in [3.8, 4) is 0 Å². The molecule has 0 saturated heterocycles. The van der Waals surface area contributed by atoms with Crippen LogP contribution >= 0.6 is 11.8 Å². The summed E-state index contributed by atoms with van der Waals surface area (Å²) in [7, 11) is 0. The van der Waals surface area contributed by atoms with E-state index in [0.717, 1.165) is 49.9 Å². The Morgan fingerprint density at radius 2 is 0.919 bits per heavy atom. The highest BCUT2D eigenvalue weighted by atomic mass is 32.2. The van der Waals surface area contributed by atoms with Crippen molar-refractivity contribution in [1.29, 1.82) is 0 Å². The van der Waals surface area contributed by atoms with Crippen LogP contribution in [0.1, 0.15) is 193 Å². The van der Waals surface area contributed by atoms with Gasteiger partial charge in [-0.05, 0) is 113 Å². The highest BCUT2D eigenvalue weighted by molar-refractivity contribution is 7.98. The predicted octanol–water partition coefficient (Wildman–Crippen LogP) is 0.651. The third-order valence-corrected chi connectivity index (χ3v) is 19.1. The first-order valence-corrected chi connectivity index (χ1v) is 40.1. The maximum absolute atomic E-state index is 14.9. The number of hydrogen-bond donors (Lipinski definition) is 20. The standard InChI is InChI=1S/C76H125N19O15S/c1-6-7-8-9-10-11-12-13-14-15-16-17-21-35-62(98)86-61(46-96)73(109)95-64(48(4)97)74(110)94-60(44-63(99)100)72(108)89-55(34-27-39-84-76(81)82)68(104)92-58(41-47(2)3)70(106)88-54(33-26-38-83-75(79)80)66(102)87-53(32-24-25-37-77)67(103)93-59(43-50-45-85-52-31-23-22-30-51(50)52)71(107)90-56(36-40-111-5)69(105)91-57(65(78)101)42-49-28-19-18-20-29-49/h18-20,22-23,28-31,45,47-48,53-61,64,85,96-97H,6-17,21,24-27,32-44,46,77H2,1-5H3,(H2,78,101)(H,86,98)(H,87,102)(H,88,106)(H,89,108)(H,90,107)(H,91,105)(H,92,104)(H,93,103)(H,94,110)(H,95,109)(H,99,100)(H4,79,80,83)(H4,81,82,84)/t48-,53+,54+,55+,56+,57+,58+,59+,60+,61+,64+/m1/s1. The highest BCUT2D eigenvalue weighted by Gasteiger charge is 2.38. The summed E-state index contributed by atoms with van der Waals surface area (Å²) >= 11 is 1.40. The molecule has 26 N–H and O–H groups in total. The summed E-state index contributed by atoms with van der Waals surface area (Å²) in [6, 6.07) is 0.843. The van der Waals surface area contributed by atoms with E-state index in [-0.39, 0.29) is 108 Å². The summed E-state index contributed by atoms with van der Waals surface area (Å²) in [5.74, 6) is -12.3. The summed E-state index contributed by atoms with van der Waals surface area (Å²) in [6.45, 7) is 5.94. The molecule has 0 bridgehead atoms.